The SMILES string of the molecule is CCc1ccc(C[NH+]2CC[NH+](C(c3ccccc3)c3ccccc3)CC2)cc1. The van der Waals surface area contributed by atoms with E-state index in [4.69, 9.17) is 0 Å². The Morgan fingerprint density at radius 1 is 0.643 bits per heavy atom. The van der Waals surface area contributed by atoms with Gasteiger partial charge in [-0.2, -0.15) is 0 Å². The molecular formula is C26H32N2+2. The Kier molecular flexibility index (Phi) is 6.20. The lowest BCUT2D eigenvalue weighted by atomic mass is 9.96. The fourth-order valence-electron chi connectivity index (χ4n) is 4.53. The number of hydrogen-bond donors (Lipinski definition) is 2. The van der Waals surface area contributed by atoms with Crippen molar-refractivity contribution in [3.63, 3.8) is 0 Å². The molecule has 2 nitrogen and oxygen atoms in total. The Morgan fingerprint density at radius 2 is 1.14 bits per heavy atom. The predicted octanol–water partition coefficient (Wildman–Crippen LogP) is 2.32. The minimum Gasteiger partial charge on any atom is -0.322 e. The average Bonchev–Trinajstić information content (AvgIpc) is 2.77. The summed E-state index contributed by atoms with van der Waals surface area (Å²) in [5.74, 6) is 0. The Bertz CT molecular complexity index is 795. The average molecular weight is 373 g/mol. The summed E-state index contributed by atoms with van der Waals surface area (Å²) >= 11 is 0. The van der Waals surface area contributed by atoms with Crippen LogP contribution in [0.2, 0.25) is 0 Å². The van der Waals surface area contributed by atoms with Gasteiger partial charge >= 0.3 is 0 Å². The summed E-state index contributed by atoms with van der Waals surface area (Å²) in [4.78, 5) is 3.41. The molecule has 2 heteroatoms. The van der Waals surface area contributed by atoms with Gasteiger partial charge in [0.25, 0.3) is 0 Å². The van der Waals surface area contributed by atoms with Gasteiger partial charge in [-0.3, -0.25) is 0 Å². The fourth-order valence-corrected chi connectivity index (χ4v) is 4.53. The lowest BCUT2D eigenvalue weighted by Gasteiger charge is -2.35. The first-order valence-corrected chi connectivity index (χ1v) is 10.7. The van der Waals surface area contributed by atoms with E-state index in [1.54, 1.807) is 9.80 Å². The van der Waals surface area contributed by atoms with Gasteiger partial charge in [0.2, 0.25) is 0 Å². The predicted molar refractivity (Wildman–Crippen MR) is 116 cm³/mol. The first kappa shape index (κ1) is 18.9. The van der Waals surface area contributed by atoms with E-state index in [2.05, 4.69) is 91.9 Å². The molecule has 1 aliphatic rings. The Morgan fingerprint density at radius 3 is 1.64 bits per heavy atom. The zero-order valence-corrected chi connectivity index (χ0v) is 16.9. The molecule has 1 saturated heterocycles. The van der Waals surface area contributed by atoms with Crippen LogP contribution in [0.25, 0.3) is 0 Å². The van der Waals surface area contributed by atoms with Gasteiger partial charge in [-0.15, -0.1) is 0 Å². The summed E-state index contributed by atoms with van der Waals surface area (Å²) in [5, 5.41) is 0. The van der Waals surface area contributed by atoms with Gasteiger partial charge in [-0.1, -0.05) is 91.9 Å². The lowest BCUT2D eigenvalue weighted by molar-refractivity contribution is -1.03. The van der Waals surface area contributed by atoms with Gasteiger partial charge in [-0.05, 0) is 12.0 Å². The number of hydrogen-bond acceptors (Lipinski definition) is 0. The van der Waals surface area contributed by atoms with Crippen molar-refractivity contribution in [2.45, 2.75) is 25.9 Å². The van der Waals surface area contributed by atoms with E-state index in [0.29, 0.717) is 6.04 Å². The van der Waals surface area contributed by atoms with E-state index < -0.39 is 0 Å². The summed E-state index contributed by atoms with van der Waals surface area (Å²) in [7, 11) is 0. The van der Waals surface area contributed by atoms with Crippen molar-refractivity contribution in [3.8, 4) is 0 Å². The number of quaternary nitrogens is 2. The largest absolute Gasteiger partial charge is 0.322 e. The van der Waals surface area contributed by atoms with Gasteiger partial charge in [0.1, 0.15) is 38.8 Å². The first-order valence-electron chi connectivity index (χ1n) is 10.7. The second kappa shape index (κ2) is 9.18. The third-order valence-corrected chi connectivity index (χ3v) is 6.16. The van der Waals surface area contributed by atoms with E-state index in [1.165, 1.54) is 48.4 Å². The molecule has 3 aromatic rings. The molecule has 144 valence electrons. The second-order valence-corrected chi connectivity index (χ2v) is 8.01. The quantitative estimate of drug-likeness (QED) is 0.657. The van der Waals surface area contributed by atoms with Crippen LogP contribution in [-0.2, 0) is 13.0 Å². The van der Waals surface area contributed by atoms with Crippen LogP contribution >= 0.6 is 0 Å². The van der Waals surface area contributed by atoms with Crippen molar-refractivity contribution >= 4 is 0 Å². The van der Waals surface area contributed by atoms with Crippen molar-refractivity contribution in [2.24, 2.45) is 0 Å². The molecule has 0 unspecified atom stereocenters. The molecule has 0 spiro atoms. The minimum atomic E-state index is 0.438. The van der Waals surface area contributed by atoms with Crippen LogP contribution < -0.4 is 9.80 Å². The second-order valence-electron chi connectivity index (χ2n) is 8.01. The number of piperazine rings is 1. The van der Waals surface area contributed by atoms with Crippen LogP contribution in [0.15, 0.2) is 84.9 Å². The third-order valence-electron chi connectivity index (χ3n) is 6.16. The van der Waals surface area contributed by atoms with Crippen LogP contribution in [-0.4, -0.2) is 26.2 Å². The molecule has 1 heterocycles. The van der Waals surface area contributed by atoms with E-state index in [-0.39, 0.29) is 0 Å². The molecule has 1 aliphatic heterocycles. The maximum absolute atomic E-state index is 2.32. The monoisotopic (exact) mass is 372 g/mol. The van der Waals surface area contributed by atoms with Crippen molar-refractivity contribution in [1.82, 2.24) is 0 Å². The molecule has 0 saturated carbocycles. The number of aryl methyl sites for hydroxylation is 1. The highest BCUT2D eigenvalue weighted by Crippen LogP contribution is 2.18. The van der Waals surface area contributed by atoms with Gasteiger partial charge in [0, 0.05) is 16.7 Å². The molecule has 28 heavy (non-hydrogen) atoms. The van der Waals surface area contributed by atoms with Crippen LogP contribution in [0, 0.1) is 0 Å². The van der Waals surface area contributed by atoms with E-state index >= 15 is 0 Å². The summed E-state index contributed by atoms with van der Waals surface area (Å²) in [6.07, 6.45) is 1.12. The molecule has 1 fully saturated rings. The molecule has 2 N–H and O–H groups in total. The van der Waals surface area contributed by atoms with E-state index in [9.17, 15) is 0 Å². The van der Waals surface area contributed by atoms with Crippen LogP contribution in [0.5, 0.6) is 0 Å². The Balaban J connectivity index is 1.44. The maximum Gasteiger partial charge on any atom is 0.139 e. The summed E-state index contributed by atoms with van der Waals surface area (Å²) in [5.41, 5.74) is 5.77. The smallest absolute Gasteiger partial charge is 0.139 e. The van der Waals surface area contributed by atoms with Crippen LogP contribution in [0.1, 0.15) is 35.2 Å². The van der Waals surface area contributed by atoms with Gasteiger partial charge < -0.3 is 9.80 Å². The van der Waals surface area contributed by atoms with Gasteiger partial charge in [-0.25, -0.2) is 0 Å². The summed E-state index contributed by atoms with van der Waals surface area (Å²) in [6, 6.07) is 31.7. The highest BCUT2D eigenvalue weighted by molar-refractivity contribution is 5.29. The topological polar surface area (TPSA) is 8.88 Å². The standard InChI is InChI=1S/C26H30N2/c1-2-22-13-15-23(16-14-22)21-27-17-19-28(20-18-27)26(24-9-5-3-6-10-24)25-11-7-4-8-12-25/h3-16,26H,2,17-21H2,1H3/p+2. The maximum atomic E-state index is 2.32. The van der Waals surface area contributed by atoms with E-state index in [0.717, 1.165) is 13.0 Å². The van der Waals surface area contributed by atoms with Crippen molar-refractivity contribution < 1.29 is 9.80 Å². The zero-order valence-electron chi connectivity index (χ0n) is 16.9. The normalized spacial score (nSPS) is 19.6. The molecule has 0 radical (unpaired) electrons. The molecule has 0 bridgehead atoms. The van der Waals surface area contributed by atoms with Crippen LogP contribution in [0.3, 0.4) is 0 Å². The fraction of sp³-hybridized carbons (Fsp3) is 0.308. The zero-order chi connectivity index (χ0) is 19.2. The number of benzene rings is 3. The molecule has 4 rings (SSSR count). The third kappa shape index (κ3) is 4.52. The summed E-state index contributed by atoms with van der Waals surface area (Å²) < 4.78 is 0. The molecule has 0 aliphatic carbocycles. The molecule has 3 aromatic carbocycles. The van der Waals surface area contributed by atoms with Crippen LogP contribution in [0.4, 0.5) is 0 Å². The number of nitrogens with one attached hydrogen (secondary N) is 2. The Hall–Kier alpha value is -2.42. The minimum absolute atomic E-state index is 0.438. The Labute approximate surface area is 169 Å². The summed E-state index contributed by atoms with van der Waals surface area (Å²) in [6.45, 7) is 8.28. The van der Waals surface area contributed by atoms with Crippen molar-refractivity contribution in [1.29, 1.82) is 0 Å². The van der Waals surface area contributed by atoms with Gasteiger partial charge in [0.15, 0.2) is 0 Å². The number of rotatable bonds is 6. The lowest BCUT2D eigenvalue weighted by Crippen LogP contribution is -3.27. The van der Waals surface area contributed by atoms with Crippen molar-refractivity contribution in [2.75, 3.05) is 26.2 Å². The molecular weight excluding hydrogens is 340 g/mol. The highest BCUT2D eigenvalue weighted by atomic mass is 15.3. The van der Waals surface area contributed by atoms with Gasteiger partial charge in [0.05, 0.1) is 0 Å². The molecule has 0 atom stereocenters. The van der Waals surface area contributed by atoms with E-state index in [1.807, 2.05) is 0 Å². The highest BCUT2D eigenvalue weighted by Gasteiger charge is 2.31. The molecule has 0 aromatic heterocycles. The molecule has 0 amide bonds. The van der Waals surface area contributed by atoms with Crippen molar-refractivity contribution in [3.05, 3.63) is 107 Å². The first-order chi connectivity index (χ1) is 13.8.